The number of carbonyl (C=O) groups is 1. The van der Waals surface area contributed by atoms with Crippen LogP contribution in [0.2, 0.25) is 0 Å². The van der Waals surface area contributed by atoms with Gasteiger partial charge >= 0.3 is 0 Å². The van der Waals surface area contributed by atoms with Gasteiger partial charge in [-0.3, -0.25) is 4.79 Å². The summed E-state index contributed by atoms with van der Waals surface area (Å²) >= 11 is 11.6. The molecule has 0 amide bonds. The fourth-order valence-corrected chi connectivity index (χ4v) is 3.36. The highest BCUT2D eigenvalue weighted by molar-refractivity contribution is 7.52. The molecule has 0 bridgehead atoms. The number of halogens is 2. The van der Waals surface area contributed by atoms with E-state index in [0.717, 1.165) is 36.8 Å². The maximum atomic E-state index is 11.8. The normalized spacial score (nSPS) is 16.0. The van der Waals surface area contributed by atoms with Gasteiger partial charge in [0.2, 0.25) is 8.00 Å². The van der Waals surface area contributed by atoms with Gasteiger partial charge in [0.15, 0.2) is 11.5 Å². The molecule has 0 saturated heterocycles. The Morgan fingerprint density at radius 2 is 1.89 bits per heavy atom. The molecule has 0 aliphatic heterocycles. The Labute approximate surface area is 122 Å². The minimum atomic E-state index is -2.16. The van der Waals surface area contributed by atoms with Crippen LogP contribution in [0.1, 0.15) is 47.2 Å². The molecular weight excluding hydrogens is 310 g/mol. The van der Waals surface area contributed by atoms with Crippen molar-refractivity contribution >= 4 is 41.2 Å². The van der Waals surface area contributed by atoms with Crippen molar-refractivity contribution in [3.63, 3.8) is 0 Å². The quantitative estimate of drug-likeness (QED) is 0.631. The Balaban J connectivity index is 2.52. The molecule has 1 aromatic rings. The van der Waals surface area contributed by atoms with Gasteiger partial charge in [-0.05, 0) is 55.8 Å². The van der Waals surface area contributed by atoms with E-state index < -0.39 is 13.2 Å². The van der Waals surface area contributed by atoms with E-state index >= 15 is 0 Å². The van der Waals surface area contributed by atoms with E-state index in [4.69, 9.17) is 32.1 Å². The van der Waals surface area contributed by atoms with E-state index in [1.807, 2.05) is 0 Å². The fraction of sp³-hybridized carbons (Fsp3) is 0.500. The molecule has 0 fully saturated rings. The van der Waals surface area contributed by atoms with Crippen LogP contribution in [0.5, 0.6) is 0 Å². The molecule has 7 heteroatoms. The second-order valence-corrected chi connectivity index (χ2v) is 6.37. The summed E-state index contributed by atoms with van der Waals surface area (Å²) in [6.07, 6.45) is 3.41. The lowest BCUT2D eigenvalue weighted by molar-refractivity contribution is -0.171. The van der Waals surface area contributed by atoms with Gasteiger partial charge in [-0.2, -0.15) is 4.52 Å². The summed E-state index contributed by atoms with van der Waals surface area (Å²) in [6.45, 7) is 2.01. The molecule has 1 heterocycles. The topological polar surface area (TPSA) is 62.5 Å². The molecule has 0 radical (unpaired) electrons. The van der Waals surface area contributed by atoms with E-state index in [9.17, 15) is 9.69 Å². The molecule has 1 aliphatic carbocycles. The Morgan fingerprint density at radius 3 is 2.42 bits per heavy atom. The SMILES string of the molecule is CCO[P+]([O-])=C(Cl)c1oc(C(=O)Cl)c2c1CCCC2. The van der Waals surface area contributed by atoms with Crippen LogP contribution in [0.4, 0.5) is 0 Å². The Morgan fingerprint density at radius 1 is 1.32 bits per heavy atom. The van der Waals surface area contributed by atoms with Gasteiger partial charge in [0.25, 0.3) is 10.00 Å². The first-order valence-electron chi connectivity index (χ1n) is 6.03. The van der Waals surface area contributed by atoms with Crippen molar-refractivity contribution in [3.05, 3.63) is 22.6 Å². The van der Waals surface area contributed by atoms with Gasteiger partial charge < -0.3 is 9.31 Å². The molecule has 0 saturated carbocycles. The summed E-state index contributed by atoms with van der Waals surface area (Å²) in [5, 5.41) is -0.652. The molecule has 1 aliphatic rings. The third-order valence-electron chi connectivity index (χ3n) is 2.99. The van der Waals surface area contributed by atoms with Gasteiger partial charge in [0, 0.05) is 11.1 Å². The van der Waals surface area contributed by atoms with Crippen LogP contribution in [0.15, 0.2) is 4.42 Å². The van der Waals surface area contributed by atoms with Gasteiger partial charge in [-0.15, -0.1) is 0 Å². The van der Waals surface area contributed by atoms with E-state index in [1.54, 1.807) is 6.92 Å². The summed E-state index contributed by atoms with van der Waals surface area (Å²) < 4.78 is 10.4. The van der Waals surface area contributed by atoms with Crippen molar-refractivity contribution in [2.45, 2.75) is 32.6 Å². The average molecular weight is 323 g/mol. The van der Waals surface area contributed by atoms with Crippen LogP contribution < -0.4 is 4.89 Å². The van der Waals surface area contributed by atoms with Crippen molar-refractivity contribution in [2.75, 3.05) is 6.61 Å². The molecule has 0 N–H and O–H groups in total. The molecule has 0 spiro atoms. The second kappa shape index (κ2) is 6.38. The zero-order valence-electron chi connectivity index (χ0n) is 10.4. The van der Waals surface area contributed by atoms with E-state index in [1.165, 1.54) is 0 Å². The molecule has 4 nitrogen and oxygen atoms in total. The molecule has 2 rings (SSSR count). The van der Waals surface area contributed by atoms with Crippen LogP contribution in [0, 0.1) is 0 Å². The van der Waals surface area contributed by atoms with Crippen molar-refractivity contribution in [3.8, 4) is 0 Å². The van der Waals surface area contributed by atoms with Crippen LogP contribution in [0.25, 0.3) is 0 Å². The van der Waals surface area contributed by atoms with Crippen molar-refractivity contribution in [2.24, 2.45) is 0 Å². The predicted octanol–water partition coefficient (Wildman–Crippen LogP) is 2.96. The molecule has 1 unspecified atom stereocenters. The Kier molecular flexibility index (Phi) is 5.04. The molecule has 0 aromatic carbocycles. The van der Waals surface area contributed by atoms with Crippen molar-refractivity contribution in [1.82, 2.24) is 0 Å². The molecule has 104 valence electrons. The Bertz CT molecular complexity index is 536. The first kappa shape index (κ1) is 15.0. The van der Waals surface area contributed by atoms with Crippen LogP contribution in [-0.2, 0) is 17.4 Å². The first-order valence-corrected chi connectivity index (χ1v) is 7.97. The summed E-state index contributed by atoms with van der Waals surface area (Å²) in [5.74, 6) is 0.402. The number of carbonyl (C=O) groups excluding carboxylic acids is 1. The second-order valence-electron chi connectivity index (χ2n) is 4.16. The van der Waals surface area contributed by atoms with Crippen molar-refractivity contribution in [1.29, 1.82) is 0 Å². The number of rotatable bonds is 4. The smallest absolute Gasteiger partial charge is 0.288 e. The maximum absolute atomic E-state index is 11.8. The highest BCUT2D eigenvalue weighted by Crippen LogP contribution is 2.35. The molecule has 1 aromatic heterocycles. The largest absolute Gasteiger partial charge is 0.602 e. The van der Waals surface area contributed by atoms with Crippen molar-refractivity contribution < 1.29 is 18.6 Å². The highest BCUT2D eigenvalue weighted by Gasteiger charge is 2.30. The summed E-state index contributed by atoms with van der Waals surface area (Å²) in [7, 11) is -2.16. The lowest BCUT2D eigenvalue weighted by Gasteiger charge is -2.10. The number of furan rings is 1. The maximum Gasteiger partial charge on any atom is 0.288 e. The number of hydrogen-bond acceptors (Lipinski definition) is 4. The average Bonchev–Trinajstić information content (AvgIpc) is 2.78. The van der Waals surface area contributed by atoms with Crippen LogP contribution in [0.3, 0.4) is 0 Å². The lowest BCUT2D eigenvalue weighted by atomic mass is 9.92. The lowest BCUT2D eigenvalue weighted by Crippen LogP contribution is -2.07. The summed E-state index contributed by atoms with van der Waals surface area (Å²) in [5.41, 5.74) is 1.63. The summed E-state index contributed by atoms with van der Waals surface area (Å²) in [6, 6.07) is 0. The molecule has 1 atom stereocenters. The summed E-state index contributed by atoms with van der Waals surface area (Å²) in [4.78, 5) is 23.2. The molecular formula is C12H13Cl2O4P. The minimum Gasteiger partial charge on any atom is -0.602 e. The number of hydrogen-bond donors (Lipinski definition) is 0. The van der Waals surface area contributed by atoms with E-state index in [-0.39, 0.29) is 22.9 Å². The first-order chi connectivity index (χ1) is 9.06. The number of fused-ring (bicyclic) bond motifs is 1. The van der Waals surface area contributed by atoms with E-state index in [0.29, 0.717) is 0 Å². The van der Waals surface area contributed by atoms with Gasteiger partial charge in [0.1, 0.15) is 0 Å². The standard InChI is InChI=1S/C12H13Cl2O4P/c1-2-17-19(16)12(14)10-8-6-4-3-5-7(8)9(18-10)11(13)15/h2-6H2,1H3. The zero-order chi connectivity index (χ0) is 14.0. The molecule has 19 heavy (non-hydrogen) atoms. The van der Waals surface area contributed by atoms with Gasteiger partial charge in [-0.25, -0.2) is 0 Å². The monoisotopic (exact) mass is 322 g/mol. The Hall–Kier alpha value is -0.380. The third kappa shape index (κ3) is 3.04. The van der Waals surface area contributed by atoms with Gasteiger partial charge in [0.05, 0.1) is 6.61 Å². The third-order valence-corrected chi connectivity index (χ3v) is 4.77. The highest BCUT2D eigenvalue weighted by atomic mass is 35.5. The van der Waals surface area contributed by atoms with Crippen LogP contribution >= 0.6 is 31.2 Å². The minimum absolute atomic E-state index is 0.0131. The van der Waals surface area contributed by atoms with Crippen LogP contribution in [-0.4, -0.2) is 16.6 Å². The van der Waals surface area contributed by atoms with Gasteiger partial charge in [-0.1, -0.05) is 0 Å². The zero-order valence-corrected chi connectivity index (χ0v) is 12.8. The van der Waals surface area contributed by atoms with E-state index in [2.05, 4.69) is 0 Å². The predicted molar refractivity (Wildman–Crippen MR) is 74.0 cm³/mol. The fourth-order valence-electron chi connectivity index (χ4n) is 2.21.